The number of nitrogens with zero attached hydrogens (tertiary/aromatic N) is 3. The number of rotatable bonds is 4. The van der Waals surface area contributed by atoms with Crippen LogP contribution in [0.25, 0.3) is 0 Å². The number of hydrogen-bond donors (Lipinski definition) is 1. The van der Waals surface area contributed by atoms with E-state index in [-0.39, 0.29) is 35.5 Å². The normalized spacial score (nSPS) is 23.3. The number of nitrogens with one attached hydrogen (secondary N) is 1. The van der Waals surface area contributed by atoms with Crippen molar-refractivity contribution in [3.05, 3.63) is 24.0 Å². The summed E-state index contributed by atoms with van der Waals surface area (Å²) in [7, 11) is 0. The maximum atomic E-state index is 13.2. The van der Waals surface area contributed by atoms with Crippen LogP contribution >= 0.6 is 0 Å². The molecule has 3 aliphatic rings. The van der Waals surface area contributed by atoms with Crippen molar-refractivity contribution in [2.45, 2.75) is 77.7 Å². The number of carbonyl (C=O) groups excluding carboxylic acids is 4. The van der Waals surface area contributed by atoms with Gasteiger partial charge >= 0.3 is 5.97 Å². The van der Waals surface area contributed by atoms with Crippen molar-refractivity contribution in [2.75, 3.05) is 31.1 Å². The van der Waals surface area contributed by atoms with E-state index < -0.39 is 11.0 Å². The Kier molecular flexibility index (Phi) is 7.38. The first kappa shape index (κ1) is 26.1. The molecule has 1 N–H and O–H groups in total. The number of imide groups is 1. The SMILES string of the molecule is CC(C)(C)OC(=O)C1(C)CCN(C(=O)C2CCN(c3ccc(C4CCC(=O)NC4=O)nc3)CC2)CC1. The quantitative estimate of drug-likeness (QED) is 0.502. The minimum atomic E-state index is -0.541. The van der Waals surface area contributed by atoms with Gasteiger partial charge < -0.3 is 14.5 Å². The topological polar surface area (TPSA) is 109 Å². The summed E-state index contributed by atoms with van der Waals surface area (Å²) in [5, 5.41) is 2.38. The molecule has 3 amide bonds. The van der Waals surface area contributed by atoms with E-state index in [0.29, 0.717) is 44.5 Å². The second-order valence-corrected chi connectivity index (χ2v) is 11.6. The number of carbonyl (C=O) groups is 4. The van der Waals surface area contributed by atoms with Crippen LogP contribution < -0.4 is 10.2 Å². The van der Waals surface area contributed by atoms with Crippen molar-refractivity contribution in [2.24, 2.45) is 11.3 Å². The molecule has 9 nitrogen and oxygen atoms in total. The first-order chi connectivity index (χ1) is 16.9. The lowest BCUT2D eigenvalue weighted by Crippen LogP contribution is -2.49. The molecule has 0 aromatic carbocycles. The van der Waals surface area contributed by atoms with Gasteiger partial charge in [0, 0.05) is 38.5 Å². The molecule has 3 fully saturated rings. The molecule has 0 saturated carbocycles. The van der Waals surface area contributed by atoms with Gasteiger partial charge in [-0.2, -0.15) is 0 Å². The number of piperidine rings is 3. The van der Waals surface area contributed by atoms with Crippen LogP contribution in [0.2, 0.25) is 0 Å². The maximum absolute atomic E-state index is 13.2. The standard InChI is InChI=1S/C27H38N4O5/c1-26(2,3)36-25(35)27(4)11-15-31(16-12-27)24(34)18-9-13-30(14-10-18)19-5-7-21(28-17-19)20-6-8-22(32)29-23(20)33/h5,7,17-18,20H,6,8-16H2,1-4H3,(H,29,32,33). The lowest BCUT2D eigenvalue weighted by Gasteiger charge is -2.41. The van der Waals surface area contributed by atoms with Crippen LogP contribution in [0.1, 0.15) is 77.8 Å². The first-order valence-corrected chi connectivity index (χ1v) is 13.0. The highest BCUT2D eigenvalue weighted by Gasteiger charge is 2.42. The van der Waals surface area contributed by atoms with E-state index in [9.17, 15) is 19.2 Å². The molecule has 0 aliphatic carbocycles. The van der Waals surface area contributed by atoms with Crippen LogP contribution in [0.15, 0.2) is 18.3 Å². The molecule has 1 unspecified atom stereocenters. The number of anilines is 1. The molecule has 1 atom stereocenters. The zero-order valence-electron chi connectivity index (χ0n) is 21.8. The second kappa shape index (κ2) is 10.2. The largest absolute Gasteiger partial charge is 0.460 e. The van der Waals surface area contributed by atoms with E-state index >= 15 is 0 Å². The molecule has 36 heavy (non-hydrogen) atoms. The first-order valence-electron chi connectivity index (χ1n) is 13.0. The summed E-state index contributed by atoms with van der Waals surface area (Å²) in [6.07, 6.45) is 5.39. The highest BCUT2D eigenvalue weighted by molar-refractivity contribution is 6.00. The van der Waals surface area contributed by atoms with Crippen LogP contribution in [0.5, 0.6) is 0 Å². The third-order valence-corrected chi connectivity index (χ3v) is 7.65. The number of hydrogen-bond acceptors (Lipinski definition) is 7. The van der Waals surface area contributed by atoms with E-state index in [0.717, 1.165) is 31.6 Å². The monoisotopic (exact) mass is 498 g/mol. The summed E-state index contributed by atoms with van der Waals surface area (Å²) < 4.78 is 5.61. The van der Waals surface area contributed by atoms with Crippen molar-refractivity contribution in [1.29, 1.82) is 0 Å². The molecule has 3 saturated heterocycles. The Morgan fingerprint density at radius 2 is 1.72 bits per heavy atom. The third-order valence-electron chi connectivity index (χ3n) is 7.65. The number of esters is 1. The average Bonchev–Trinajstić information content (AvgIpc) is 2.83. The van der Waals surface area contributed by atoms with Crippen LogP contribution in [-0.4, -0.2) is 65.4 Å². The molecule has 4 heterocycles. The molecule has 0 spiro atoms. The Balaban J connectivity index is 1.26. The zero-order valence-corrected chi connectivity index (χ0v) is 21.8. The summed E-state index contributed by atoms with van der Waals surface area (Å²) in [6.45, 7) is 10.3. The smallest absolute Gasteiger partial charge is 0.312 e. The van der Waals surface area contributed by atoms with Gasteiger partial charge in [-0.15, -0.1) is 0 Å². The second-order valence-electron chi connectivity index (χ2n) is 11.6. The molecular weight excluding hydrogens is 460 g/mol. The number of pyridine rings is 1. The summed E-state index contributed by atoms with van der Waals surface area (Å²) in [5.41, 5.74) is 0.600. The Hall–Kier alpha value is -2.97. The average molecular weight is 499 g/mol. The Morgan fingerprint density at radius 1 is 1.06 bits per heavy atom. The van der Waals surface area contributed by atoms with Crippen molar-refractivity contribution < 1.29 is 23.9 Å². The van der Waals surface area contributed by atoms with Gasteiger partial charge in [-0.3, -0.25) is 29.5 Å². The minimum absolute atomic E-state index is 0.0113. The number of amides is 3. The van der Waals surface area contributed by atoms with Gasteiger partial charge in [-0.05, 0) is 71.9 Å². The molecule has 0 bridgehead atoms. The molecular formula is C27H38N4O5. The molecule has 196 valence electrons. The Labute approximate surface area is 212 Å². The fourth-order valence-corrected chi connectivity index (χ4v) is 5.24. The van der Waals surface area contributed by atoms with Gasteiger partial charge in [0.15, 0.2) is 0 Å². The number of likely N-dealkylation sites (tertiary alicyclic amines) is 1. The maximum Gasteiger partial charge on any atom is 0.312 e. The van der Waals surface area contributed by atoms with E-state index in [1.807, 2.05) is 44.7 Å². The fourth-order valence-electron chi connectivity index (χ4n) is 5.24. The van der Waals surface area contributed by atoms with E-state index in [1.165, 1.54) is 0 Å². The molecule has 1 aromatic rings. The summed E-state index contributed by atoms with van der Waals surface area (Å²) >= 11 is 0. The van der Waals surface area contributed by atoms with E-state index in [1.54, 1.807) is 6.20 Å². The summed E-state index contributed by atoms with van der Waals surface area (Å²) in [6, 6.07) is 3.83. The van der Waals surface area contributed by atoms with Crippen LogP contribution in [-0.2, 0) is 23.9 Å². The number of aromatic nitrogens is 1. The Morgan fingerprint density at radius 3 is 2.28 bits per heavy atom. The highest BCUT2D eigenvalue weighted by atomic mass is 16.6. The molecule has 3 aliphatic heterocycles. The van der Waals surface area contributed by atoms with Gasteiger partial charge in [-0.1, -0.05) is 0 Å². The van der Waals surface area contributed by atoms with E-state index in [4.69, 9.17) is 4.74 Å². The van der Waals surface area contributed by atoms with Crippen molar-refractivity contribution in [3.8, 4) is 0 Å². The molecule has 0 radical (unpaired) electrons. The summed E-state index contributed by atoms with van der Waals surface area (Å²) in [5.74, 6) is -0.897. The van der Waals surface area contributed by atoms with Crippen molar-refractivity contribution >= 4 is 29.4 Å². The third kappa shape index (κ3) is 5.87. The number of ether oxygens (including phenoxy) is 1. The van der Waals surface area contributed by atoms with Crippen LogP contribution in [0.3, 0.4) is 0 Å². The Bertz CT molecular complexity index is 1000. The van der Waals surface area contributed by atoms with Gasteiger partial charge in [0.05, 0.1) is 28.9 Å². The fraction of sp³-hybridized carbons (Fsp3) is 0.667. The lowest BCUT2D eigenvalue weighted by molar-refractivity contribution is -0.170. The molecule has 4 rings (SSSR count). The van der Waals surface area contributed by atoms with Crippen molar-refractivity contribution in [1.82, 2.24) is 15.2 Å². The van der Waals surface area contributed by atoms with Gasteiger partial charge in [0.2, 0.25) is 17.7 Å². The lowest BCUT2D eigenvalue weighted by atomic mass is 9.79. The predicted molar refractivity (Wildman–Crippen MR) is 134 cm³/mol. The van der Waals surface area contributed by atoms with Crippen molar-refractivity contribution in [3.63, 3.8) is 0 Å². The minimum Gasteiger partial charge on any atom is -0.460 e. The molecule has 1 aromatic heterocycles. The highest BCUT2D eigenvalue weighted by Crippen LogP contribution is 2.35. The van der Waals surface area contributed by atoms with Gasteiger partial charge in [-0.25, -0.2) is 0 Å². The van der Waals surface area contributed by atoms with Crippen LogP contribution in [0, 0.1) is 11.3 Å². The predicted octanol–water partition coefficient (Wildman–Crippen LogP) is 2.79. The van der Waals surface area contributed by atoms with Crippen LogP contribution in [0.4, 0.5) is 5.69 Å². The summed E-state index contributed by atoms with van der Waals surface area (Å²) in [4.78, 5) is 58.0. The van der Waals surface area contributed by atoms with Gasteiger partial charge in [0.25, 0.3) is 0 Å². The zero-order chi connectivity index (χ0) is 26.1. The molecule has 9 heteroatoms. The van der Waals surface area contributed by atoms with Gasteiger partial charge in [0.1, 0.15) is 5.60 Å². The van der Waals surface area contributed by atoms with E-state index in [2.05, 4.69) is 15.2 Å².